The number of anilines is 1. The zero-order valence-electron chi connectivity index (χ0n) is 39.0. The van der Waals surface area contributed by atoms with E-state index in [4.69, 9.17) is 22.1 Å². The Bertz CT molecular complexity index is 3130. The summed E-state index contributed by atoms with van der Waals surface area (Å²) in [5.41, 5.74) is 16.7. The van der Waals surface area contributed by atoms with Crippen molar-refractivity contribution in [3.8, 4) is 50.9 Å². The number of imidazole rings is 1. The predicted molar refractivity (Wildman–Crippen MR) is 273 cm³/mol. The number of aromatic nitrogens is 5. The molecular formula is C54H56ClN9O5. The van der Waals surface area contributed by atoms with E-state index in [0.29, 0.717) is 53.2 Å². The van der Waals surface area contributed by atoms with Crippen molar-refractivity contribution in [1.82, 2.24) is 40.5 Å². The lowest BCUT2D eigenvalue weighted by molar-refractivity contribution is -0.120. The van der Waals surface area contributed by atoms with Gasteiger partial charge in [0, 0.05) is 90.4 Å². The van der Waals surface area contributed by atoms with Gasteiger partial charge in [0.25, 0.3) is 17.8 Å². The molecule has 0 radical (unpaired) electrons. The molecular weight excluding hydrogens is 890 g/mol. The molecule has 354 valence electrons. The van der Waals surface area contributed by atoms with Gasteiger partial charge in [-0.05, 0) is 109 Å². The average Bonchev–Trinajstić information content (AvgIpc) is 3.93. The number of H-pyrrole nitrogens is 1. The number of aromatic amines is 1. The molecule has 0 atom stereocenters. The minimum Gasteiger partial charge on any atom is -0.508 e. The molecule has 69 heavy (non-hydrogen) atoms. The molecule has 4 aromatic heterocycles. The average molecular weight is 947 g/mol. The number of ether oxygens (including phenoxy) is 1. The number of halogens is 1. The van der Waals surface area contributed by atoms with Crippen LogP contribution < -0.4 is 26.4 Å². The van der Waals surface area contributed by atoms with E-state index < -0.39 is 0 Å². The van der Waals surface area contributed by atoms with Crippen LogP contribution in [0.1, 0.15) is 83.8 Å². The lowest BCUT2D eigenvalue weighted by Crippen LogP contribution is -2.31. The van der Waals surface area contributed by atoms with Crippen LogP contribution in [-0.4, -0.2) is 67.0 Å². The van der Waals surface area contributed by atoms with E-state index >= 15 is 0 Å². The number of nitrogens with one attached hydrogen (secondary N) is 4. The quantitative estimate of drug-likeness (QED) is 0.0402. The second kappa shape index (κ2) is 21.9. The second-order valence-corrected chi connectivity index (χ2v) is 17.6. The number of fused-ring (bicyclic) bond motifs is 2. The number of phenolic OH excluding ortho intramolecular Hbond substituents is 1. The fraction of sp³-hybridized carbons (Fsp3) is 0.259. The smallest absolute Gasteiger partial charge is 0.300 e. The first-order valence-corrected chi connectivity index (χ1v) is 23.7. The molecule has 14 nitrogen and oxygen atoms in total. The van der Waals surface area contributed by atoms with Crippen LogP contribution in [0.4, 0.5) is 5.82 Å². The minimum atomic E-state index is -0.363. The summed E-state index contributed by atoms with van der Waals surface area (Å²) in [7, 11) is 2.02. The Balaban J connectivity index is 0.698. The van der Waals surface area contributed by atoms with Crippen LogP contribution in [0.5, 0.6) is 17.5 Å². The van der Waals surface area contributed by atoms with Crippen molar-refractivity contribution in [2.75, 3.05) is 25.4 Å². The first-order valence-electron chi connectivity index (χ1n) is 23.3. The van der Waals surface area contributed by atoms with E-state index in [2.05, 4.69) is 64.7 Å². The Kier molecular flexibility index (Phi) is 15.2. The first-order chi connectivity index (χ1) is 33.4. The van der Waals surface area contributed by atoms with Crippen molar-refractivity contribution >= 4 is 57.1 Å². The number of hydrogen-bond acceptors (Lipinski definition) is 9. The maximum Gasteiger partial charge on any atom is 0.300 e. The van der Waals surface area contributed by atoms with Crippen molar-refractivity contribution in [2.24, 2.45) is 7.05 Å². The Morgan fingerprint density at radius 2 is 1.49 bits per heavy atom. The molecule has 0 aliphatic carbocycles. The van der Waals surface area contributed by atoms with Crippen molar-refractivity contribution < 1.29 is 24.2 Å². The molecule has 4 heterocycles. The molecule has 7 N–H and O–H groups in total. The van der Waals surface area contributed by atoms with Crippen molar-refractivity contribution in [2.45, 2.75) is 65.2 Å². The van der Waals surface area contributed by atoms with E-state index in [-0.39, 0.29) is 42.1 Å². The van der Waals surface area contributed by atoms with E-state index in [1.165, 1.54) is 0 Å². The van der Waals surface area contributed by atoms with Gasteiger partial charge < -0.3 is 41.1 Å². The lowest BCUT2D eigenvalue weighted by atomic mass is 9.92. The second-order valence-electron chi connectivity index (χ2n) is 17.1. The number of rotatable bonds is 20. The van der Waals surface area contributed by atoms with Crippen molar-refractivity contribution in [3.63, 3.8) is 0 Å². The summed E-state index contributed by atoms with van der Waals surface area (Å²) in [6.45, 7) is 5.25. The molecule has 3 amide bonds. The molecule has 0 bridgehead atoms. The number of phenols is 1. The highest BCUT2D eigenvalue weighted by Gasteiger charge is 2.18. The third kappa shape index (κ3) is 11.5. The maximum atomic E-state index is 13.2. The first kappa shape index (κ1) is 47.8. The van der Waals surface area contributed by atoms with Gasteiger partial charge in [-0.1, -0.05) is 74.5 Å². The third-order valence-electron chi connectivity index (χ3n) is 12.3. The van der Waals surface area contributed by atoms with Crippen LogP contribution in [0.15, 0.2) is 110 Å². The van der Waals surface area contributed by atoms with Crippen molar-refractivity contribution in [1.29, 1.82) is 0 Å². The molecule has 0 aliphatic rings. The van der Waals surface area contributed by atoms with Crippen LogP contribution in [-0.2, 0) is 18.3 Å². The largest absolute Gasteiger partial charge is 0.508 e. The number of aromatic hydroxyl groups is 1. The van der Waals surface area contributed by atoms with Gasteiger partial charge in [0.2, 0.25) is 5.91 Å². The van der Waals surface area contributed by atoms with Gasteiger partial charge in [0.05, 0.1) is 16.1 Å². The fourth-order valence-corrected chi connectivity index (χ4v) is 8.79. The highest BCUT2D eigenvalue weighted by Crippen LogP contribution is 2.37. The normalized spacial score (nSPS) is 11.2. The molecule has 0 spiro atoms. The number of benzene rings is 4. The molecule has 0 aliphatic heterocycles. The molecule has 8 aromatic rings. The molecule has 0 saturated heterocycles. The monoisotopic (exact) mass is 945 g/mol. The Labute approximate surface area is 405 Å². The SMILES string of the molecule is CCc1c(-c2ccc(C(=O)NCCC(=O)NCCCCCCCCNC(=O)c3cc(Oc4nc5cc(-c6ccc7c(ccn7C)c6)c(Cl)cc5[nH]4)ccc3C)nc2)cnc(N)c1-c1ccc(O)cc1. The number of carbonyl (C=O) groups excluding carboxylic acids is 3. The summed E-state index contributed by atoms with van der Waals surface area (Å²) in [4.78, 5) is 55.1. The molecule has 0 saturated carbocycles. The third-order valence-corrected chi connectivity index (χ3v) is 12.6. The summed E-state index contributed by atoms with van der Waals surface area (Å²) in [6, 6.07) is 28.2. The number of carbonyl (C=O) groups is 3. The summed E-state index contributed by atoms with van der Waals surface area (Å²) < 4.78 is 8.18. The highest BCUT2D eigenvalue weighted by molar-refractivity contribution is 6.34. The topological polar surface area (TPSA) is 202 Å². The van der Waals surface area contributed by atoms with Gasteiger partial charge in [-0.15, -0.1) is 0 Å². The number of aryl methyl sites for hydroxylation is 2. The zero-order valence-corrected chi connectivity index (χ0v) is 39.8. The van der Waals surface area contributed by atoms with Gasteiger partial charge >= 0.3 is 0 Å². The van der Waals surface area contributed by atoms with Gasteiger partial charge in [0.15, 0.2) is 0 Å². The summed E-state index contributed by atoms with van der Waals surface area (Å²) in [5.74, 6) is 0.408. The maximum absolute atomic E-state index is 13.2. The molecule has 8 rings (SSSR count). The summed E-state index contributed by atoms with van der Waals surface area (Å²) in [6.07, 6.45) is 11.9. The fourth-order valence-electron chi connectivity index (χ4n) is 8.52. The van der Waals surface area contributed by atoms with Gasteiger partial charge in [-0.3, -0.25) is 19.4 Å². The number of nitrogen functional groups attached to an aromatic ring is 1. The van der Waals surface area contributed by atoms with Crippen molar-refractivity contribution in [3.05, 3.63) is 137 Å². The standard InChI is InChI=1S/C54H56ClN9O5/c1-4-40-43(32-61-51(56)50(40)34-12-16-38(65)17-13-34)37-14-19-45(60-31-37)53(68)59-25-21-49(66)57-23-9-7-5-6-8-10-24-58-52(67)41-28-39(18-11-33(41)2)69-54-62-46-29-42(44(55)30-47(46)63-54)35-15-20-48-36(27-35)22-26-64(48)3/h11-20,22,26-32,65H,4-10,21,23-25H2,1-3H3,(H2,56,61)(H,57,66)(H,58,67)(H,59,68)(H,62,63). The van der Waals surface area contributed by atoms with Gasteiger partial charge in [0.1, 0.15) is 23.0 Å². The van der Waals surface area contributed by atoms with Crippen LogP contribution in [0.3, 0.4) is 0 Å². The highest BCUT2D eigenvalue weighted by atomic mass is 35.5. The number of nitrogens with two attached hydrogens (primary N) is 1. The number of nitrogens with zero attached hydrogens (tertiary/aromatic N) is 4. The van der Waals surface area contributed by atoms with E-state index in [9.17, 15) is 19.5 Å². The van der Waals surface area contributed by atoms with Crippen LogP contribution in [0.2, 0.25) is 5.02 Å². The van der Waals surface area contributed by atoms with E-state index in [1.54, 1.807) is 48.8 Å². The molecule has 0 unspecified atom stereocenters. The number of unbranched alkanes of at least 4 members (excludes halogenated alkanes) is 5. The number of pyridine rings is 2. The number of hydrogen-bond donors (Lipinski definition) is 6. The number of amides is 3. The van der Waals surface area contributed by atoms with Gasteiger partial charge in [-0.25, -0.2) is 4.98 Å². The summed E-state index contributed by atoms with van der Waals surface area (Å²) >= 11 is 6.74. The Morgan fingerprint density at radius 1 is 0.768 bits per heavy atom. The lowest BCUT2D eigenvalue weighted by Gasteiger charge is -2.16. The van der Waals surface area contributed by atoms with Crippen LogP contribution >= 0.6 is 11.6 Å². The Hall–Kier alpha value is -7.71. The zero-order chi connectivity index (χ0) is 48.4. The molecule has 4 aromatic carbocycles. The molecule has 0 fully saturated rings. The summed E-state index contributed by atoms with van der Waals surface area (Å²) in [5, 5.41) is 20.2. The Morgan fingerprint density at radius 3 is 2.25 bits per heavy atom. The van der Waals surface area contributed by atoms with E-state index in [1.807, 2.05) is 57.4 Å². The van der Waals surface area contributed by atoms with E-state index in [0.717, 1.165) is 99.5 Å². The van der Waals surface area contributed by atoms with Gasteiger partial charge in [-0.2, -0.15) is 4.98 Å². The minimum absolute atomic E-state index is 0.124. The predicted octanol–water partition coefficient (Wildman–Crippen LogP) is 10.5. The van der Waals surface area contributed by atoms with Crippen LogP contribution in [0, 0.1) is 6.92 Å². The molecule has 15 heteroatoms. The van der Waals surface area contributed by atoms with Crippen LogP contribution in [0.25, 0.3) is 55.3 Å².